The fraction of sp³-hybridized carbons (Fsp3) is 0.286. The maximum atomic E-state index is 14.1. The minimum atomic E-state index is -3.00. The lowest BCUT2D eigenvalue weighted by molar-refractivity contribution is -0.00437. The number of nitrogens with zero attached hydrogens (tertiary/aromatic N) is 4. The van der Waals surface area contributed by atoms with Gasteiger partial charge in [0.1, 0.15) is 12.4 Å². The van der Waals surface area contributed by atoms with Crippen LogP contribution < -0.4 is 5.73 Å². The van der Waals surface area contributed by atoms with Crippen molar-refractivity contribution in [2.24, 2.45) is 15.7 Å². The van der Waals surface area contributed by atoms with Crippen LogP contribution in [-0.4, -0.2) is 60.6 Å². The molecule has 0 bridgehead atoms. The first-order chi connectivity index (χ1) is 14.1. The number of amidine groups is 1. The van der Waals surface area contributed by atoms with Crippen LogP contribution >= 0.6 is 15.9 Å². The third-order valence-corrected chi connectivity index (χ3v) is 5.66. The second-order valence-corrected chi connectivity index (χ2v) is 8.47. The number of amides is 1. The summed E-state index contributed by atoms with van der Waals surface area (Å²) in [6.45, 7) is -1.24. The van der Waals surface area contributed by atoms with E-state index in [1.54, 1.807) is 32.3 Å². The van der Waals surface area contributed by atoms with Gasteiger partial charge in [-0.1, -0.05) is 40.2 Å². The first kappa shape index (κ1) is 20.5. The molecule has 2 aliphatic rings. The molecule has 2 N–H and O–H groups in total. The van der Waals surface area contributed by atoms with Crippen LogP contribution in [-0.2, 0) is 5.54 Å². The zero-order valence-corrected chi connectivity index (χ0v) is 18.0. The fourth-order valence-corrected chi connectivity index (χ4v) is 4.22. The van der Waals surface area contributed by atoms with Crippen LogP contribution in [0.15, 0.2) is 63.0 Å². The smallest absolute Gasteiger partial charge is 0.284 e. The zero-order valence-electron chi connectivity index (χ0n) is 16.4. The van der Waals surface area contributed by atoms with Gasteiger partial charge in [0.25, 0.3) is 11.8 Å². The van der Waals surface area contributed by atoms with Crippen LogP contribution in [0.4, 0.5) is 8.78 Å². The van der Waals surface area contributed by atoms with Gasteiger partial charge in [-0.05, 0) is 35.4 Å². The van der Waals surface area contributed by atoms with Crippen LogP contribution in [0, 0.1) is 0 Å². The standard InChI is InChI=1S/C21H20BrF2N5O/c1-28(2)17(30)13-5-3-6-14(9-13)21(15-7-4-8-16(22)10-15)18-26-11-20(23,24)12-29(18)19(25)27-21/h3-10H,11-12H2,1-2H3,(H2,25,27). The van der Waals surface area contributed by atoms with E-state index in [0.717, 1.165) is 4.47 Å². The number of alkyl halides is 2. The number of hydrogen-bond acceptors (Lipinski definition) is 5. The molecule has 1 amide bonds. The molecule has 1 atom stereocenters. The molecule has 2 heterocycles. The summed E-state index contributed by atoms with van der Waals surface area (Å²) in [5, 5.41) is 0. The Balaban J connectivity index is 1.97. The van der Waals surface area contributed by atoms with Crippen LogP contribution in [0.3, 0.4) is 0 Å². The lowest BCUT2D eigenvalue weighted by Crippen LogP contribution is -2.53. The Hall–Kier alpha value is -2.81. The summed E-state index contributed by atoms with van der Waals surface area (Å²) in [6.07, 6.45) is 0. The number of fused-ring (bicyclic) bond motifs is 1. The molecule has 2 aromatic rings. The molecule has 0 fully saturated rings. The molecule has 0 aromatic heterocycles. The monoisotopic (exact) mass is 475 g/mol. The number of hydrogen-bond donors (Lipinski definition) is 1. The summed E-state index contributed by atoms with van der Waals surface area (Å²) in [5.74, 6) is -2.87. The highest BCUT2D eigenvalue weighted by Crippen LogP contribution is 2.43. The van der Waals surface area contributed by atoms with Crippen LogP contribution in [0.25, 0.3) is 0 Å². The minimum absolute atomic E-state index is 0.0301. The molecule has 2 aromatic carbocycles. The molecular weight excluding hydrogens is 456 g/mol. The van der Waals surface area contributed by atoms with Crippen LogP contribution in [0.5, 0.6) is 0 Å². The van der Waals surface area contributed by atoms with Crippen molar-refractivity contribution in [2.45, 2.75) is 11.5 Å². The number of halogens is 3. The van der Waals surface area contributed by atoms with Gasteiger partial charge in [-0.3, -0.25) is 14.7 Å². The summed E-state index contributed by atoms with van der Waals surface area (Å²) in [6, 6.07) is 14.4. The molecule has 9 heteroatoms. The molecule has 1 unspecified atom stereocenters. The van der Waals surface area contributed by atoms with Crippen molar-refractivity contribution in [3.8, 4) is 0 Å². The Morgan fingerprint density at radius 2 is 1.83 bits per heavy atom. The molecule has 0 saturated carbocycles. The van der Waals surface area contributed by atoms with E-state index in [-0.39, 0.29) is 11.9 Å². The van der Waals surface area contributed by atoms with E-state index in [4.69, 9.17) is 5.73 Å². The Morgan fingerprint density at radius 3 is 2.50 bits per heavy atom. The normalized spacial score (nSPS) is 22.2. The second kappa shape index (κ2) is 7.16. The largest absolute Gasteiger partial charge is 0.369 e. The summed E-state index contributed by atoms with van der Waals surface area (Å²) >= 11 is 3.47. The molecule has 0 saturated heterocycles. The first-order valence-corrected chi connectivity index (χ1v) is 10.1. The van der Waals surface area contributed by atoms with Gasteiger partial charge in [-0.25, -0.2) is 13.8 Å². The maximum Gasteiger partial charge on any atom is 0.284 e. The molecule has 0 radical (unpaired) electrons. The summed E-state index contributed by atoms with van der Waals surface area (Å²) in [7, 11) is 3.33. The van der Waals surface area contributed by atoms with Crippen LogP contribution in [0.2, 0.25) is 0 Å². The van der Waals surface area contributed by atoms with E-state index in [9.17, 15) is 13.6 Å². The molecule has 4 rings (SSSR count). The number of aliphatic imine (C=N–C) groups is 2. The SMILES string of the molecule is CN(C)C(=O)c1cccc(C2(c3cccc(Br)c3)N=C(N)N3CC(F)(F)CN=C32)c1. The number of rotatable bonds is 3. The fourth-order valence-electron chi connectivity index (χ4n) is 3.82. The Bertz CT molecular complexity index is 1080. The second-order valence-electron chi connectivity index (χ2n) is 7.55. The molecule has 156 valence electrons. The van der Waals surface area contributed by atoms with E-state index in [1.165, 1.54) is 9.80 Å². The number of guanidine groups is 1. The van der Waals surface area contributed by atoms with Gasteiger partial charge in [-0.15, -0.1) is 0 Å². The van der Waals surface area contributed by atoms with Gasteiger partial charge in [0.05, 0.1) is 6.54 Å². The maximum absolute atomic E-state index is 14.1. The average Bonchev–Trinajstić information content (AvgIpc) is 2.99. The Morgan fingerprint density at radius 1 is 1.17 bits per heavy atom. The van der Waals surface area contributed by atoms with Gasteiger partial charge >= 0.3 is 0 Å². The van der Waals surface area contributed by atoms with Crippen molar-refractivity contribution in [2.75, 3.05) is 27.2 Å². The third-order valence-electron chi connectivity index (χ3n) is 5.16. The van der Waals surface area contributed by atoms with E-state index >= 15 is 0 Å². The molecule has 0 spiro atoms. The van der Waals surface area contributed by atoms with Gasteiger partial charge in [0, 0.05) is 24.1 Å². The highest BCUT2D eigenvalue weighted by molar-refractivity contribution is 9.10. The van der Waals surface area contributed by atoms with E-state index in [2.05, 4.69) is 25.9 Å². The quantitative estimate of drug-likeness (QED) is 0.740. The number of nitrogens with two attached hydrogens (primary N) is 1. The highest BCUT2D eigenvalue weighted by Gasteiger charge is 2.53. The predicted octanol–water partition coefficient (Wildman–Crippen LogP) is 3.07. The number of benzene rings is 2. The predicted molar refractivity (Wildman–Crippen MR) is 115 cm³/mol. The number of carbonyl (C=O) groups is 1. The van der Waals surface area contributed by atoms with Crippen LogP contribution in [0.1, 0.15) is 21.5 Å². The molecule has 6 nitrogen and oxygen atoms in total. The molecule has 30 heavy (non-hydrogen) atoms. The average molecular weight is 476 g/mol. The Labute approximate surface area is 181 Å². The van der Waals surface area contributed by atoms with Crippen molar-refractivity contribution in [1.29, 1.82) is 0 Å². The van der Waals surface area contributed by atoms with Crippen molar-refractivity contribution in [3.05, 3.63) is 69.7 Å². The summed E-state index contributed by atoms with van der Waals surface area (Å²) in [5.41, 5.74) is 6.69. The van der Waals surface area contributed by atoms with Gasteiger partial charge in [0.2, 0.25) is 0 Å². The lowest BCUT2D eigenvalue weighted by Gasteiger charge is -2.35. The lowest BCUT2D eigenvalue weighted by atomic mass is 9.81. The third kappa shape index (κ3) is 3.27. The molecular formula is C21H20BrF2N5O. The summed E-state index contributed by atoms with van der Waals surface area (Å²) in [4.78, 5) is 24.2. The minimum Gasteiger partial charge on any atom is -0.369 e. The number of carbonyl (C=O) groups excluding carboxylic acids is 1. The van der Waals surface area contributed by atoms with Crippen molar-refractivity contribution in [1.82, 2.24) is 9.80 Å². The van der Waals surface area contributed by atoms with Crippen molar-refractivity contribution >= 4 is 33.6 Å². The molecule has 0 aliphatic carbocycles. The van der Waals surface area contributed by atoms with E-state index in [1.807, 2.05) is 30.3 Å². The van der Waals surface area contributed by atoms with Gasteiger partial charge in [-0.2, -0.15) is 0 Å². The zero-order chi connectivity index (χ0) is 21.7. The van der Waals surface area contributed by atoms with E-state index < -0.39 is 24.6 Å². The first-order valence-electron chi connectivity index (χ1n) is 9.28. The van der Waals surface area contributed by atoms with E-state index in [0.29, 0.717) is 22.5 Å². The Kier molecular flexibility index (Phi) is 4.88. The molecule has 2 aliphatic heterocycles. The van der Waals surface area contributed by atoms with Crippen molar-refractivity contribution in [3.63, 3.8) is 0 Å². The topological polar surface area (TPSA) is 74.3 Å². The highest BCUT2D eigenvalue weighted by atomic mass is 79.9. The van der Waals surface area contributed by atoms with Gasteiger partial charge in [0.15, 0.2) is 11.5 Å². The summed E-state index contributed by atoms with van der Waals surface area (Å²) < 4.78 is 29.0. The van der Waals surface area contributed by atoms with Gasteiger partial charge < -0.3 is 10.6 Å². The van der Waals surface area contributed by atoms with Crippen molar-refractivity contribution < 1.29 is 13.6 Å².